The Kier molecular flexibility index (Phi) is 6.20. The highest BCUT2D eigenvalue weighted by Crippen LogP contribution is 2.37. The molecule has 1 fully saturated rings. The highest BCUT2D eigenvalue weighted by atomic mass is 32.1. The quantitative estimate of drug-likeness (QED) is 0.557. The lowest BCUT2D eigenvalue weighted by molar-refractivity contribution is 0.0993. The van der Waals surface area contributed by atoms with Gasteiger partial charge in [-0.25, -0.2) is 13.8 Å². The van der Waals surface area contributed by atoms with Gasteiger partial charge in [0.15, 0.2) is 5.78 Å². The van der Waals surface area contributed by atoms with Gasteiger partial charge in [-0.2, -0.15) is 0 Å². The Bertz CT molecular complexity index is 1120. The molecule has 4 rings (SSSR count). The normalized spacial score (nSPS) is 16.3. The first-order chi connectivity index (χ1) is 14.9. The van der Waals surface area contributed by atoms with Crippen LogP contribution in [0.4, 0.5) is 8.78 Å². The van der Waals surface area contributed by atoms with Crippen molar-refractivity contribution in [2.24, 2.45) is 5.73 Å². The van der Waals surface area contributed by atoms with Gasteiger partial charge in [-0.05, 0) is 49.2 Å². The molecule has 0 spiro atoms. The second-order valence-electron chi connectivity index (χ2n) is 7.35. The molecule has 0 aliphatic carbocycles. The number of thiazole rings is 1. The molecular formula is C23H20F2N3O2S. The van der Waals surface area contributed by atoms with Crippen molar-refractivity contribution in [2.75, 3.05) is 6.54 Å². The van der Waals surface area contributed by atoms with Crippen molar-refractivity contribution in [1.82, 2.24) is 10.3 Å². The van der Waals surface area contributed by atoms with Crippen molar-refractivity contribution in [2.45, 2.75) is 25.3 Å². The smallest absolute Gasteiger partial charge is 0.251 e. The van der Waals surface area contributed by atoms with Crippen LogP contribution < -0.4 is 11.1 Å². The van der Waals surface area contributed by atoms with Crippen molar-refractivity contribution in [3.8, 4) is 21.0 Å². The molecule has 1 amide bonds. The van der Waals surface area contributed by atoms with Gasteiger partial charge in [0.2, 0.25) is 0 Å². The number of hydrogen-bond acceptors (Lipinski definition) is 5. The number of rotatable bonds is 6. The van der Waals surface area contributed by atoms with Crippen LogP contribution in [0.1, 0.15) is 40.1 Å². The van der Waals surface area contributed by atoms with Gasteiger partial charge in [0.05, 0.1) is 16.9 Å². The molecule has 2 heterocycles. The third kappa shape index (κ3) is 4.70. The van der Waals surface area contributed by atoms with Crippen LogP contribution >= 0.6 is 11.3 Å². The molecule has 0 saturated carbocycles. The number of aromatic nitrogens is 1. The summed E-state index contributed by atoms with van der Waals surface area (Å²) in [6.07, 6.45) is 4.61. The number of halogens is 2. The average Bonchev–Trinajstić information content (AvgIpc) is 3.20. The maximum Gasteiger partial charge on any atom is 0.251 e. The molecule has 1 aromatic heterocycles. The van der Waals surface area contributed by atoms with Crippen LogP contribution in [0, 0.1) is 18.1 Å². The molecule has 31 heavy (non-hydrogen) atoms. The van der Waals surface area contributed by atoms with E-state index in [1.807, 2.05) is 0 Å². The van der Waals surface area contributed by atoms with Crippen molar-refractivity contribution in [3.05, 3.63) is 71.8 Å². The summed E-state index contributed by atoms with van der Waals surface area (Å²) < 4.78 is 27.7. The summed E-state index contributed by atoms with van der Waals surface area (Å²) in [7, 11) is 0. The predicted octanol–water partition coefficient (Wildman–Crippen LogP) is 4.38. The van der Waals surface area contributed by atoms with Gasteiger partial charge in [-0.3, -0.25) is 9.59 Å². The second kappa shape index (κ2) is 9.03. The zero-order valence-electron chi connectivity index (χ0n) is 16.5. The standard InChI is InChI=1S/C23H20F2N3O2S/c24-15-7-4-13(5-8-15)21-20(19(29)12-16-3-1-2-10-27-16)28-23(31-21)14-6-9-17(22(26)30)18(25)11-14/h4-9,11-12,16,27H,1-3,10H2,(H2,26,30). The van der Waals surface area contributed by atoms with E-state index in [0.29, 0.717) is 21.0 Å². The van der Waals surface area contributed by atoms with E-state index >= 15 is 0 Å². The molecule has 159 valence electrons. The van der Waals surface area contributed by atoms with Crippen molar-refractivity contribution >= 4 is 23.0 Å². The Hall–Kier alpha value is -2.97. The fourth-order valence-electron chi connectivity index (χ4n) is 3.54. The van der Waals surface area contributed by atoms with Crippen molar-refractivity contribution in [1.29, 1.82) is 0 Å². The van der Waals surface area contributed by atoms with Gasteiger partial charge in [0.1, 0.15) is 22.3 Å². The number of ketones is 1. The lowest BCUT2D eigenvalue weighted by Crippen LogP contribution is -2.36. The van der Waals surface area contributed by atoms with E-state index in [2.05, 4.69) is 10.3 Å². The van der Waals surface area contributed by atoms with Gasteiger partial charge in [0, 0.05) is 11.6 Å². The molecule has 1 aliphatic rings. The number of Topliss-reactive ketones (excluding diaryl/α,β-unsaturated/α-hetero) is 1. The molecule has 1 atom stereocenters. The minimum atomic E-state index is -0.861. The number of nitrogens with two attached hydrogens (primary N) is 1. The number of nitrogens with one attached hydrogen (secondary N) is 1. The van der Waals surface area contributed by atoms with Crippen molar-refractivity contribution in [3.63, 3.8) is 0 Å². The predicted molar refractivity (Wildman–Crippen MR) is 116 cm³/mol. The molecular weight excluding hydrogens is 420 g/mol. The van der Waals surface area contributed by atoms with Crippen LogP contribution in [-0.2, 0) is 0 Å². The topological polar surface area (TPSA) is 85.1 Å². The van der Waals surface area contributed by atoms with Crippen LogP contribution in [0.25, 0.3) is 21.0 Å². The monoisotopic (exact) mass is 440 g/mol. The molecule has 5 nitrogen and oxygen atoms in total. The minimum absolute atomic E-state index is 0.0280. The van der Waals surface area contributed by atoms with Crippen LogP contribution in [0.5, 0.6) is 0 Å². The summed E-state index contributed by atoms with van der Waals surface area (Å²) in [6, 6.07) is 9.78. The number of hydrogen-bond donors (Lipinski definition) is 2. The number of carbonyl (C=O) groups is 2. The number of carbonyl (C=O) groups excluding carboxylic acids is 2. The maximum absolute atomic E-state index is 14.3. The lowest BCUT2D eigenvalue weighted by atomic mass is 9.98. The summed E-state index contributed by atoms with van der Waals surface area (Å²) in [5.41, 5.74) is 6.26. The van der Waals surface area contributed by atoms with Crippen LogP contribution in [-0.4, -0.2) is 29.3 Å². The second-order valence-corrected chi connectivity index (χ2v) is 8.35. The van der Waals surface area contributed by atoms with E-state index in [0.717, 1.165) is 25.8 Å². The van der Waals surface area contributed by atoms with E-state index in [1.165, 1.54) is 41.7 Å². The Balaban J connectivity index is 1.73. The summed E-state index contributed by atoms with van der Waals surface area (Å²) in [6.45, 7) is 0.854. The molecule has 3 aromatic rings. The van der Waals surface area contributed by atoms with Gasteiger partial charge in [-0.15, -0.1) is 11.3 Å². The molecule has 0 bridgehead atoms. The first-order valence-corrected chi connectivity index (χ1v) is 10.7. The SMILES string of the molecule is NC(=O)c1ccc(-c2nc(C(=O)[CH]C3CCCCN3)c(-c3ccc(F)cc3)s2)cc1F. The molecule has 8 heteroatoms. The van der Waals surface area contributed by atoms with E-state index in [1.54, 1.807) is 18.6 Å². The largest absolute Gasteiger partial charge is 0.366 e. The highest BCUT2D eigenvalue weighted by molar-refractivity contribution is 7.18. The Labute approximate surface area is 182 Å². The summed E-state index contributed by atoms with van der Waals surface area (Å²) in [5, 5.41) is 3.72. The van der Waals surface area contributed by atoms with E-state index in [9.17, 15) is 18.4 Å². The Morgan fingerprint density at radius 3 is 2.48 bits per heavy atom. The number of amides is 1. The van der Waals surface area contributed by atoms with Gasteiger partial charge >= 0.3 is 0 Å². The van der Waals surface area contributed by atoms with E-state index < -0.39 is 11.7 Å². The molecule has 1 aliphatic heterocycles. The number of nitrogens with zero attached hydrogens (tertiary/aromatic N) is 1. The fraction of sp³-hybridized carbons (Fsp3) is 0.217. The minimum Gasteiger partial charge on any atom is -0.366 e. The van der Waals surface area contributed by atoms with Crippen LogP contribution in [0.3, 0.4) is 0 Å². The molecule has 1 saturated heterocycles. The first kappa shape index (κ1) is 21.3. The fourth-order valence-corrected chi connectivity index (χ4v) is 4.61. The van der Waals surface area contributed by atoms with Gasteiger partial charge in [-0.1, -0.05) is 24.6 Å². The Morgan fingerprint density at radius 2 is 1.84 bits per heavy atom. The molecule has 2 aromatic carbocycles. The van der Waals surface area contributed by atoms with E-state index in [-0.39, 0.29) is 28.9 Å². The summed E-state index contributed by atoms with van der Waals surface area (Å²) >= 11 is 1.21. The molecule has 1 radical (unpaired) electrons. The third-order valence-corrected chi connectivity index (χ3v) is 6.30. The first-order valence-electron chi connectivity index (χ1n) is 9.91. The van der Waals surface area contributed by atoms with Crippen molar-refractivity contribution < 1.29 is 18.4 Å². The van der Waals surface area contributed by atoms with Gasteiger partial charge in [0.25, 0.3) is 5.91 Å². The zero-order chi connectivity index (χ0) is 22.0. The summed E-state index contributed by atoms with van der Waals surface area (Å²) in [5.74, 6) is -2.24. The summed E-state index contributed by atoms with van der Waals surface area (Å²) in [4.78, 5) is 29.4. The number of primary amides is 1. The Morgan fingerprint density at radius 1 is 1.10 bits per heavy atom. The molecule has 1 unspecified atom stereocenters. The van der Waals surface area contributed by atoms with Gasteiger partial charge < -0.3 is 11.1 Å². The number of benzene rings is 2. The zero-order valence-corrected chi connectivity index (χ0v) is 17.3. The average molecular weight is 440 g/mol. The van der Waals surface area contributed by atoms with E-state index in [4.69, 9.17) is 5.73 Å². The third-order valence-electron chi connectivity index (χ3n) is 5.15. The van der Waals surface area contributed by atoms with Crippen LogP contribution in [0.2, 0.25) is 0 Å². The lowest BCUT2D eigenvalue weighted by Gasteiger charge is -2.22. The molecule has 3 N–H and O–H groups in total. The van der Waals surface area contributed by atoms with Crippen LogP contribution in [0.15, 0.2) is 42.5 Å². The number of piperidine rings is 1. The highest BCUT2D eigenvalue weighted by Gasteiger charge is 2.25. The maximum atomic E-state index is 14.3.